The Morgan fingerprint density at radius 3 is 2.32 bits per heavy atom. The van der Waals surface area contributed by atoms with Crippen LogP contribution in [0.2, 0.25) is 0 Å². The van der Waals surface area contributed by atoms with Crippen LogP contribution in [0.5, 0.6) is 5.75 Å². The summed E-state index contributed by atoms with van der Waals surface area (Å²) in [5.41, 5.74) is 4.78. The van der Waals surface area contributed by atoms with Crippen molar-refractivity contribution in [3.63, 3.8) is 0 Å². The highest BCUT2D eigenvalue weighted by atomic mass is 16.5. The maximum absolute atomic E-state index is 13.7. The van der Waals surface area contributed by atoms with Gasteiger partial charge in [-0.25, -0.2) is 5.48 Å². The molecule has 4 rings (SSSR count). The number of hydrogen-bond acceptors (Lipinski definition) is 6. The molecular weight excluding hydrogens is 472 g/mol. The zero-order chi connectivity index (χ0) is 26.7. The number of aromatic nitrogens is 1. The Morgan fingerprint density at radius 1 is 1.14 bits per heavy atom. The van der Waals surface area contributed by atoms with Crippen molar-refractivity contribution in [2.24, 2.45) is 5.92 Å². The molecule has 2 aromatic rings. The van der Waals surface area contributed by atoms with E-state index in [0.29, 0.717) is 51.3 Å². The fourth-order valence-electron chi connectivity index (χ4n) is 5.70. The summed E-state index contributed by atoms with van der Waals surface area (Å²) in [6.45, 7) is 9.26. The molecule has 0 saturated carbocycles. The minimum absolute atomic E-state index is 0.00450. The second kappa shape index (κ2) is 10.9. The SMILES string of the molecule is CC(=O)N1CCC(C(C(=O)NO)N2CCC(C)(c3ccc(OCc4cc(C)nc(C)c4)cc3)C2=O)CC1. The highest BCUT2D eigenvalue weighted by molar-refractivity contribution is 5.94. The number of carbonyl (C=O) groups is 3. The second-order valence-corrected chi connectivity index (χ2v) is 10.4. The standard InChI is InChI=1S/C28H36N4O5/c1-18-15-21(16-19(2)29-18)17-37-24-7-5-23(6-8-24)28(4)11-14-32(27(28)35)25(26(34)30-36)22-9-12-31(13-10-22)20(3)33/h5-8,15-16,22,25,36H,9-14,17H2,1-4H3,(H,30,34). The fraction of sp³-hybridized carbons (Fsp3) is 0.500. The highest BCUT2D eigenvalue weighted by Crippen LogP contribution is 2.39. The van der Waals surface area contributed by atoms with Gasteiger partial charge < -0.3 is 14.5 Å². The van der Waals surface area contributed by atoms with Gasteiger partial charge in [0.15, 0.2) is 0 Å². The third-order valence-corrected chi connectivity index (χ3v) is 7.77. The van der Waals surface area contributed by atoms with Crippen molar-refractivity contribution in [3.8, 4) is 5.75 Å². The summed E-state index contributed by atoms with van der Waals surface area (Å²) < 4.78 is 5.96. The molecule has 0 aliphatic carbocycles. The number of nitrogens with one attached hydrogen (secondary N) is 1. The lowest BCUT2D eigenvalue weighted by Crippen LogP contribution is -2.55. The van der Waals surface area contributed by atoms with Gasteiger partial charge >= 0.3 is 0 Å². The molecule has 0 spiro atoms. The molecule has 3 heterocycles. The summed E-state index contributed by atoms with van der Waals surface area (Å²) in [5, 5.41) is 9.44. The number of piperidine rings is 1. The number of pyridine rings is 1. The number of likely N-dealkylation sites (tertiary alicyclic amines) is 2. The summed E-state index contributed by atoms with van der Waals surface area (Å²) in [5.74, 6) is -0.137. The van der Waals surface area contributed by atoms with Crippen LogP contribution in [0.1, 0.15) is 55.6 Å². The van der Waals surface area contributed by atoms with Crippen molar-refractivity contribution in [3.05, 3.63) is 58.9 Å². The number of hydrogen-bond donors (Lipinski definition) is 2. The van der Waals surface area contributed by atoms with E-state index in [1.54, 1.807) is 15.3 Å². The smallest absolute Gasteiger partial charge is 0.266 e. The molecule has 0 bridgehead atoms. The maximum atomic E-state index is 13.7. The molecule has 2 saturated heterocycles. The molecule has 2 aliphatic heterocycles. The molecule has 2 fully saturated rings. The molecule has 2 N–H and O–H groups in total. The Labute approximate surface area is 217 Å². The average Bonchev–Trinajstić information content (AvgIpc) is 3.18. The third kappa shape index (κ3) is 5.61. The predicted molar refractivity (Wildman–Crippen MR) is 137 cm³/mol. The summed E-state index contributed by atoms with van der Waals surface area (Å²) in [6.07, 6.45) is 1.75. The number of aryl methyl sites for hydroxylation is 2. The van der Waals surface area contributed by atoms with E-state index in [2.05, 4.69) is 4.98 Å². The number of ether oxygens (including phenoxy) is 1. The van der Waals surface area contributed by atoms with Crippen molar-refractivity contribution >= 4 is 17.7 Å². The molecule has 3 amide bonds. The van der Waals surface area contributed by atoms with Crippen LogP contribution in [-0.2, 0) is 26.4 Å². The molecule has 1 aromatic carbocycles. The van der Waals surface area contributed by atoms with Gasteiger partial charge in [-0.1, -0.05) is 12.1 Å². The van der Waals surface area contributed by atoms with E-state index in [9.17, 15) is 19.6 Å². The van der Waals surface area contributed by atoms with E-state index < -0.39 is 17.4 Å². The zero-order valence-electron chi connectivity index (χ0n) is 22.0. The molecular formula is C28H36N4O5. The minimum Gasteiger partial charge on any atom is -0.489 e. The Bertz CT molecular complexity index is 1140. The molecule has 9 heteroatoms. The molecule has 198 valence electrons. The van der Waals surface area contributed by atoms with Gasteiger partial charge in [0.25, 0.3) is 5.91 Å². The van der Waals surface area contributed by atoms with Gasteiger partial charge in [-0.15, -0.1) is 0 Å². The topological polar surface area (TPSA) is 112 Å². The molecule has 0 radical (unpaired) electrons. The van der Waals surface area contributed by atoms with Gasteiger partial charge in [0, 0.05) is 37.9 Å². The first-order valence-corrected chi connectivity index (χ1v) is 12.8. The largest absolute Gasteiger partial charge is 0.489 e. The molecule has 2 aliphatic rings. The summed E-state index contributed by atoms with van der Waals surface area (Å²) in [7, 11) is 0. The number of carbonyl (C=O) groups excluding carboxylic acids is 3. The summed E-state index contributed by atoms with van der Waals surface area (Å²) in [6, 6.07) is 10.8. The maximum Gasteiger partial charge on any atom is 0.266 e. The first kappa shape index (κ1) is 26.6. The molecule has 37 heavy (non-hydrogen) atoms. The van der Waals surface area contributed by atoms with Crippen LogP contribution in [0.4, 0.5) is 0 Å². The van der Waals surface area contributed by atoms with Gasteiger partial charge in [-0.05, 0) is 81.3 Å². The summed E-state index contributed by atoms with van der Waals surface area (Å²) in [4.78, 5) is 45.9. The second-order valence-electron chi connectivity index (χ2n) is 10.4. The predicted octanol–water partition coefficient (Wildman–Crippen LogP) is 2.90. The summed E-state index contributed by atoms with van der Waals surface area (Å²) >= 11 is 0. The Balaban J connectivity index is 1.46. The number of rotatable bonds is 7. The van der Waals surface area contributed by atoms with Crippen LogP contribution >= 0.6 is 0 Å². The van der Waals surface area contributed by atoms with Crippen LogP contribution in [0.25, 0.3) is 0 Å². The van der Waals surface area contributed by atoms with Gasteiger partial charge in [-0.3, -0.25) is 24.6 Å². The lowest BCUT2D eigenvalue weighted by molar-refractivity contribution is -0.147. The van der Waals surface area contributed by atoms with Crippen molar-refractivity contribution in [2.45, 2.75) is 65.0 Å². The van der Waals surface area contributed by atoms with Crippen LogP contribution in [0.15, 0.2) is 36.4 Å². The number of hydroxylamine groups is 1. The zero-order valence-corrected chi connectivity index (χ0v) is 22.0. The van der Waals surface area contributed by atoms with Gasteiger partial charge in [0.2, 0.25) is 11.8 Å². The molecule has 9 nitrogen and oxygen atoms in total. The average molecular weight is 509 g/mol. The van der Waals surface area contributed by atoms with Crippen LogP contribution in [0.3, 0.4) is 0 Å². The van der Waals surface area contributed by atoms with Crippen LogP contribution in [0, 0.1) is 19.8 Å². The lowest BCUT2D eigenvalue weighted by Gasteiger charge is -2.39. The third-order valence-electron chi connectivity index (χ3n) is 7.77. The van der Waals surface area contributed by atoms with E-state index in [4.69, 9.17) is 4.74 Å². The Hall–Kier alpha value is -3.46. The lowest BCUT2D eigenvalue weighted by atomic mass is 9.80. The first-order valence-electron chi connectivity index (χ1n) is 12.8. The fourth-order valence-corrected chi connectivity index (χ4v) is 5.70. The minimum atomic E-state index is -0.786. The molecule has 1 aromatic heterocycles. The number of amides is 3. The molecule has 2 unspecified atom stereocenters. The van der Waals surface area contributed by atoms with Gasteiger partial charge in [-0.2, -0.15) is 0 Å². The highest BCUT2D eigenvalue weighted by Gasteiger charge is 2.49. The molecule has 2 atom stereocenters. The van der Waals surface area contributed by atoms with E-state index in [1.165, 1.54) is 6.92 Å². The van der Waals surface area contributed by atoms with Crippen LogP contribution in [-0.4, -0.2) is 63.4 Å². The van der Waals surface area contributed by atoms with Crippen molar-refractivity contribution in [1.29, 1.82) is 0 Å². The van der Waals surface area contributed by atoms with E-state index in [1.807, 2.05) is 57.2 Å². The van der Waals surface area contributed by atoms with Crippen molar-refractivity contribution in [1.82, 2.24) is 20.3 Å². The number of nitrogens with zero attached hydrogens (tertiary/aromatic N) is 3. The van der Waals surface area contributed by atoms with E-state index in [-0.39, 0.29) is 17.7 Å². The first-order chi connectivity index (χ1) is 17.6. The monoisotopic (exact) mass is 508 g/mol. The van der Waals surface area contributed by atoms with Gasteiger partial charge in [0.05, 0.1) is 5.41 Å². The van der Waals surface area contributed by atoms with Crippen LogP contribution < -0.4 is 10.2 Å². The Morgan fingerprint density at radius 2 is 1.76 bits per heavy atom. The van der Waals surface area contributed by atoms with Crippen molar-refractivity contribution < 1.29 is 24.3 Å². The van der Waals surface area contributed by atoms with Crippen molar-refractivity contribution in [2.75, 3.05) is 19.6 Å². The van der Waals surface area contributed by atoms with Gasteiger partial charge in [0.1, 0.15) is 18.4 Å². The van der Waals surface area contributed by atoms with E-state index in [0.717, 1.165) is 22.5 Å². The Kier molecular flexibility index (Phi) is 7.82. The van der Waals surface area contributed by atoms with E-state index >= 15 is 0 Å². The number of benzene rings is 1. The normalized spacial score (nSPS) is 21.2. The quantitative estimate of drug-likeness (QED) is 0.439.